The highest BCUT2D eigenvalue weighted by Crippen LogP contribution is 2.26. The summed E-state index contributed by atoms with van der Waals surface area (Å²) < 4.78 is 1.04. The molecule has 0 radical (unpaired) electrons. The summed E-state index contributed by atoms with van der Waals surface area (Å²) in [5.41, 5.74) is 4.53. The van der Waals surface area contributed by atoms with Crippen molar-refractivity contribution in [1.29, 1.82) is 0 Å². The minimum atomic E-state index is -0.265. The SMILES string of the molecule is CCc1ccccc1NC(=O)CNC(=O)c1ccc(CSc2nc(C)cs2)cc1. The second-order valence-corrected chi connectivity index (χ2v) is 8.56. The van der Waals surface area contributed by atoms with Gasteiger partial charge in [-0.2, -0.15) is 0 Å². The van der Waals surface area contributed by atoms with Crippen molar-refractivity contribution in [2.75, 3.05) is 11.9 Å². The number of thiazole rings is 1. The molecule has 0 aliphatic carbocycles. The molecule has 3 rings (SSSR count). The van der Waals surface area contributed by atoms with Gasteiger partial charge >= 0.3 is 0 Å². The summed E-state index contributed by atoms with van der Waals surface area (Å²) >= 11 is 3.32. The summed E-state index contributed by atoms with van der Waals surface area (Å²) in [5.74, 6) is 0.290. The maximum Gasteiger partial charge on any atom is 0.251 e. The van der Waals surface area contributed by atoms with Crippen LogP contribution >= 0.6 is 23.1 Å². The third kappa shape index (κ3) is 6.17. The largest absolute Gasteiger partial charge is 0.343 e. The van der Waals surface area contributed by atoms with E-state index in [2.05, 4.69) is 15.6 Å². The standard InChI is InChI=1S/C22H23N3O2S2/c1-3-17-6-4-5-7-19(17)25-20(26)12-23-21(27)18-10-8-16(9-11-18)14-29-22-24-15(2)13-28-22/h4-11,13H,3,12,14H2,1-2H3,(H,23,27)(H,25,26). The third-order valence-electron chi connectivity index (χ3n) is 4.26. The Balaban J connectivity index is 1.48. The number of hydrogen-bond donors (Lipinski definition) is 2. The molecule has 150 valence electrons. The van der Waals surface area contributed by atoms with Gasteiger partial charge < -0.3 is 10.6 Å². The highest BCUT2D eigenvalue weighted by Gasteiger charge is 2.10. The number of amides is 2. The van der Waals surface area contributed by atoms with Gasteiger partial charge in [-0.25, -0.2) is 4.98 Å². The van der Waals surface area contributed by atoms with Gasteiger partial charge in [0.25, 0.3) is 5.91 Å². The Hall–Kier alpha value is -2.64. The Morgan fingerprint density at radius 2 is 1.86 bits per heavy atom. The van der Waals surface area contributed by atoms with E-state index in [0.717, 1.165) is 39.0 Å². The van der Waals surface area contributed by atoms with Gasteiger partial charge in [0.05, 0.1) is 6.54 Å². The first-order valence-electron chi connectivity index (χ1n) is 9.35. The number of aromatic nitrogens is 1. The van der Waals surface area contributed by atoms with Gasteiger partial charge in [0.15, 0.2) is 0 Å². The van der Waals surface area contributed by atoms with Crippen molar-refractivity contribution in [3.8, 4) is 0 Å². The van der Waals surface area contributed by atoms with E-state index in [1.165, 1.54) is 0 Å². The van der Waals surface area contributed by atoms with Crippen LogP contribution in [0, 0.1) is 6.92 Å². The number of para-hydroxylation sites is 1. The lowest BCUT2D eigenvalue weighted by molar-refractivity contribution is -0.115. The molecular formula is C22H23N3O2S2. The van der Waals surface area contributed by atoms with Gasteiger partial charge in [0, 0.05) is 28.1 Å². The molecule has 0 atom stereocenters. The summed E-state index contributed by atoms with van der Waals surface area (Å²) in [6.45, 7) is 3.95. The summed E-state index contributed by atoms with van der Waals surface area (Å²) in [7, 11) is 0. The number of anilines is 1. The van der Waals surface area contributed by atoms with E-state index in [-0.39, 0.29) is 18.4 Å². The van der Waals surface area contributed by atoms with Gasteiger partial charge in [-0.15, -0.1) is 11.3 Å². The molecule has 0 spiro atoms. The fraction of sp³-hybridized carbons (Fsp3) is 0.227. The molecule has 0 saturated heterocycles. The number of nitrogens with zero attached hydrogens (tertiary/aromatic N) is 1. The molecule has 0 fully saturated rings. The maximum atomic E-state index is 12.3. The summed E-state index contributed by atoms with van der Waals surface area (Å²) in [5, 5.41) is 7.56. The van der Waals surface area contributed by atoms with E-state index in [0.29, 0.717) is 5.56 Å². The monoisotopic (exact) mass is 425 g/mol. The molecule has 29 heavy (non-hydrogen) atoms. The van der Waals surface area contributed by atoms with Gasteiger partial charge in [-0.1, -0.05) is 49.0 Å². The van der Waals surface area contributed by atoms with Crippen LogP contribution in [0.25, 0.3) is 0 Å². The normalized spacial score (nSPS) is 10.6. The Kier molecular flexibility index (Phi) is 7.43. The molecule has 0 aliphatic rings. The molecule has 0 saturated carbocycles. The van der Waals surface area contributed by atoms with E-state index in [4.69, 9.17) is 0 Å². The van der Waals surface area contributed by atoms with E-state index in [1.54, 1.807) is 35.2 Å². The van der Waals surface area contributed by atoms with Crippen molar-refractivity contribution in [2.24, 2.45) is 0 Å². The molecule has 2 aromatic carbocycles. The van der Waals surface area contributed by atoms with Gasteiger partial charge in [-0.05, 0) is 42.7 Å². The van der Waals surface area contributed by atoms with E-state index in [9.17, 15) is 9.59 Å². The van der Waals surface area contributed by atoms with Crippen molar-refractivity contribution in [3.05, 3.63) is 76.3 Å². The second-order valence-electron chi connectivity index (χ2n) is 6.48. The number of rotatable bonds is 8. The predicted octanol–water partition coefficient (Wildman–Crippen LogP) is 4.67. The van der Waals surface area contributed by atoms with Crippen LogP contribution < -0.4 is 10.6 Å². The molecule has 5 nitrogen and oxygen atoms in total. The number of aryl methyl sites for hydroxylation is 2. The molecule has 3 aromatic rings. The minimum Gasteiger partial charge on any atom is -0.343 e. The summed E-state index contributed by atoms with van der Waals surface area (Å²) in [4.78, 5) is 28.9. The summed E-state index contributed by atoms with van der Waals surface area (Å²) in [6.07, 6.45) is 0.829. The molecule has 2 N–H and O–H groups in total. The van der Waals surface area contributed by atoms with Crippen molar-refractivity contribution in [2.45, 2.75) is 30.4 Å². The van der Waals surface area contributed by atoms with Crippen LogP contribution in [-0.4, -0.2) is 23.3 Å². The zero-order valence-electron chi connectivity index (χ0n) is 16.4. The zero-order chi connectivity index (χ0) is 20.6. The zero-order valence-corrected chi connectivity index (χ0v) is 18.0. The average Bonchev–Trinajstić information content (AvgIpc) is 3.16. The first-order chi connectivity index (χ1) is 14.0. The van der Waals surface area contributed by atoms with E-state index < -0.39 is 0 Å². The quantitative estimate of drug-likeness (QED) is 0.514. The highest BCUT2D eigenvalue weighted by atomic mass is 32.2. The first-order valence-corrected chi connectivity index (χ1v) is 11.2. The molecule has 0 bridgehead atoms. The third-order valence-corrected chi connectivity index (χ3v) is 6.47. The van der Waals surface area contributed by atoms with Crippen LogP contribution in [0.15, 0.2) is 58.3 Å². The van der Waals surface area contributed by atoms with Crippen LogP contribution in [0.3, 0.4) is 0 Å². The number of benzene rings is 2. The number of thioether (sulfide) groups is 1. The fourth-order valence-electron chi connectivity index (χ4n) is 2.70. The smallest absolute Gasteiger partial charge is 0.251 e. The Morgan fingerprint density at radius 1 is 1.10 bits per heavy atom. The number of hydrogen-bond acceptors (Lipinski definition) is 5. The van der Waals surface area contributed by atoms with E-state index >= 15 is 0 Å². The molecule has 0 aliphatic heterocycles. The maximum absolute atomic E-state index is 12.3. The molecule has 0 unspecified atom stereocenters. The van der Waals surface area contributed by atoms with Crippen LogP contribution in [0.2, 0.25) is 0 Å². The molecule has 2 amide bonds. The topological polar surface area (TPSA) is 71.1 Å². The second kappa shape index (κ2) is 10.2. The molecule has 1 heterocycles. The molecule has 7 heteroatoms. The van der Waals surface area contributed by atoms with Gasteiger partial charge in [0.1, 0.15) is 4.34 Å². The predicted molar refractivity (Wildman–Crippen MR) is 120 cm³/mol. The highest BCUT2D eigenvalue weighted by molar-refractivity contribution is 8.00. The van der Waals surface area contributed by atoms with Crippen molar-refractivity contribution >= 4 is 40.6 Å². The Labute approximate surface area is 179 Å². The first kappa shape index (κ1) is 21.1. The van der Waals surface area contributed by atoms with Crippen molar-refractivity contribution < 1.29 is 9.59 Å². The fourth-order valence-corrected chi connectivity index (χ4v) is 4.51. The van der Waals surface area contributed by atoms with Gasteiger partial charge in [-0.3, -0.25) is 9.59 Å². The lowest BCUT2D eigenvalue weighted by atomic mass is 10.1. The Bertz CT molecular complexity index is 984. The summed E-state index contributed by atoms with van der Waals surface area (Å²) in [6, 6.07) is 15.1. The van der Waals surface area contributed by atoms with Crippen molar-refractivity contribution in [3.63, 3.8) is 0 Å². The van der Waals surface area contributed by atoms with Crippen LogP contribution in [-0.2, 0) is 17.0 Å². The van der Waals surface area contributed by atoms with Gasteiger partial charge in [0.2, 0.25) is 5.91 Å². The van der Waals surface area contributed by atoms with Crippen LogP contribution in [0.5, 0.6) is 0 Å². The molecular weight excluding hydrogens is 402 g/mol. The lowest BCUT2D eigenvalue weighted by Gasteiger charge is -2.10. The van der Waals surface area contributed by atoms with E-state index in [1.807, 2.05) is 55.6 Å². The van der Waals surface area contributed by atoms with Crippen molar-refractivity contribution in [1.82, 2.24) is 10.3 Å². The average molecular weight is 426 g/mol. The van der Waals surface area contributed by atoms with Crippen LogP contribution in [0.1, 0.15) is 34.1 Å². The molecule has 1 aromatic heterocycles. The Morgan fingerprint density at radius 3 is 2.55 bits per heavy atom. The minimum absolute atomic E-state index is 0.0715. The number of carbonyl (C=O) groups excluding carboxylic acids is 2. The number of carbonyl (C=O) groups is 2. The van der Waals surface area contributed by atoms with Crippen LogP contribution in [0.4, 0.5) is 5.69 Å². The lowest BCUT2D eigenvalue weighted by Crippen LogP contribution is -2.33. The number of nitrogens with one attached hydrogen (secondary N) is 2.